The molecule has 0 saturated carbocycles. The predicted molar refractivity (Wildman–Crippen MR) is 67.4 cm³/mol. The number of nitrogens with zero attached hydrogens (tertiary/aromatic N) is 2. The maximum Gasteiger partial charge on any atom is 0.262 e. The van der Waals surface area contributed by atoms with E-state index in [1.165, 1.54) is 6.07 Å². The number of hydrogen-bond donors (Lipinski definition) is 1. The Hall–Kier alpha value is -1.27. The number of aromatic nitrogens is 2. The molecule has 2 heterocycles. The zero-order valence-corrected chi connectivity index (χ0v) is 11.1. The molecule has 94 valence electrons. The van der Waals surface area contributed by atoms with Gasteiger partial charge in [-0.2, -0.15) is 4.98 Å². The van der Waals surface area contributed by atoms with E-state index in [2.05, 4.69) is 31.4 Å². The summed E-state index contributed by atoms with van der Waals surface area (Å²) in [5, 5.41) is 7.20. The minimum absolute atomic E-state index is 0.119. The summed E-state index contributed by atoms with van der Waals surface area (Å²) in [6.45, 7) is 0.956. The maximum atomic E-state index is 13.7. The van der Waals surface area contributed by atoms with E-state index >= 15 is 0 Å². The van der Waals surface area contributed by atoms with Gasteiger partial charge in [0.1, 0.15) is 5.82 Å². The fourth-order valence-corrected chi connectivity index (χ4v) is 2.60. The molecule has 1 fully saturated rings. The van der Waals surface area contributed by atoms with Crippen molar-refractivity contribution in [3.8, 4) is 11.5 Å². The van der Waals surface area contributed by atoms with Crippen LogP contribution in [-0.4, -0.2) is 16.7 Å². The summed E-state index contributed by atoms with van der Waals surface area (Å²) in [5.41, 5.74) is 0.314. The van der Waals surface area contributed by atoms with Crippen molar-refractivity contribution < 1.29 is 8.91 Å². The van der Waals surface area contributed by atoms with Gasteiger partial charge in [-0.05, 0) is 47.4 Å². The standard InChI is InChI=1S/C12H11BrFN3O/c13-7-3-1-4-8(14)10(7)12-16-11(17-18-12)9-5-2-6-15-9/h1,3-4,9,15H,2,5-6H2. The molecule has 1 aromatic heterocycles. The van der Waals surface area contributed by atoms with Crippen molar-refractivity contribution >= 4 is 15.9 Å². The first-order valence-corrected chi connectivity index (χ1v) is 6.56. The van der Waals surface area contributed by atoms with Crippen molar-refractivity contribution in [3.05, 3.63) is 34.3 Å². The first-order chi connectivity index (χ1) is 8.75. The molecular formula is C12H11BrFN3O. The topological polar surface area (TPSA) is 51.0 Å². The summed E-state index contributed by atoms with van der Waals surface area (Å²) in [4.78, 5) is 4.27. The van der Waals surface area contributed by atoms with Gasteiger partial charge < -0.3 is 9.84 Å². The van der Waals surface area contributed by atoms with E-state index in [9.17, 15) is 4.39 Å². The summed E-state index contributed by atoms with van der Waals surface area (Å²) in [7, 11) is 0. The molecule has 2 aromatic rings. The Kier molecular flexibility index (Phi) is 3.13. The van der Waals surface area contributed by atoms with Crippen LogP contribution in [0.15, 0.2) is 27.2 Å². The molecular weight excluding hydrogens is 301 g/mol. The minimum atomic E-state index is -0.376. The number of nitrogens with one attached hydrogen (secondary N) is 1. The normalized spacial score (nSPS) is 19.3. The fourth-order valence-electron chi connectivity index (χ4n) is 2.09. The molecule has 1 unspecified atom stereocenters. The highest BCUT2D eigenvalue weighted by Gasteiger charge is 2.23. The summed E-state index contributed by atoms with van der Waals surface area (Å²) < 4.78 is 19.5. The summed E-state index contributed by atoms with van der Waals surface area (Å²) >= 11 is 3.29. The van der Waals surface area contributed by atoms with Crippen LogP contribution in [0.4, 0.5) is 4.39 Å². The molecule has 0 aliphatic carbocycles. The monoisotopic (exact) mass is 311 g/mol. The molecule has 0 amide bonds. The fraction of sp³-hybridized carbons (Fsp3) is 0.333. The van der Waals surface area contributed by atoms with E-state index < -0.39 is 0 Å². The van der Waals surface area contributed by atoms with Gasteiger partial charge in [-0.3, -0.25) is 0 Å². The van der Waals surface area contributed by atoms with Gasteiger partial charge in [0.25, 0.3) is 5.89 Å². The molecule has 18 heavy (non-hydrogen) atoms. The average molecular weight is 312 g/mol. The van der Waals surface area contributed by atoms with Crippen LogP contribution >= 0.6 is 15.9 Å². The van der Waals surface area contributed by atoms with Crippen LogP contribution in [0.3, 0.4) is 0 Å². The van der Waals surface area contributed by atoms with Gasteiger partial charge in [-0.15, -0.1) is 0 Å². The first kappa shape index (κ1) is 11.8. The quantitative estimate of drug-likeness (QED) is 0.926. The molecule has 6 heteroatoms. The molecule has 1 aliphatic heterocycles. The van der Waals surface area contributed by atoms with Crippen molar-refractivity contribution in [3.63, 3.8) is 0 Å². The number of hydrogen-bond acceptors (Lipinski definition) is 4. The summed E-state index contributed by atoms with van der Waals surface area (Å²) in [5.74, 6) is 0.431. The highest BCUT2D eigenvalue weighted by atomic mass is 79.9. The Bertz CT molecular complexity index is 546. The van der Waals surface area contributed by atoms with Crippen LogP contribution in [-0.2, 0) is 0 Å². The molecule has 1 aliphatic rings. The molecule has 1 N–H and O–H groups in total. The lowest BCUT2D eigenvalue weighted by Gasteiger charge is -2.02. The zero-order valence-electron chi connectivity index (χ0n) is 9.49. The Morgan fingerprint density at radius 3 is 3.06 bits per heavy atom. The van der Waals surface area contributed by atoms with Crippen molar-refractivity contribution in [1.29, 1.82) is 0 Å². The van der Waals surface area contributed by atoms with E-state index in [-0.39, 0.29) is 17.7 Å². The SMILES string of the molecule is Fc1cccc(Br)c1-c1nc(C2CCCN2)no1. The lowest BCUT2D eigenvalue weighted by Crippen LogP contribution is -2.14. The van der Waals surface area contributed by atoms with Gasteiger partial charge in [0, 0.05) is 4.47 Å². The Morgan fingerprint density at radius 2 is 2.33 bits per heavy atom. The number of halogens is 2. The van der Waals surface area contributed by atoms with Crippen molar-refractivity contribution in [2.45, 2.75) is 18.9 Å². The zero-order chi connectivity index (χ0) is 12.5. The second kappa shape index (κ2) is 4.78. The molecule has 4 nitrogen and oxygen atoms in total. The van der Waals surface area contributed by atoms with E-state index in [1.807, 2.05) is 0 Å². The molecule has 1 atom stereocenters. The molecule has 1 saturated heterocycles. The van der Waals surface area contributed by atoms with Crippen LogP contribution in [0.25, 0.3) is 11.5 Å². The van der Waals surface area contributed by atoms with E-state index in [0.717, 1.165) is 19.4 Å². The Balaban J connectivity index is 1.97. The lowest BCUT2D eigenvalue weighted by molar-refractivity contribution is 0.410. The van der Waals surface area contributed by atoms with Gasteiger partial charge in [0.15, 0.2) is 5.82 Å². The van der Waals surface area contributed by atoms with Crippen LogP contribution in [0.1, 0.15) is 24.7 Å². The average Bonchev–Trinajstić information content (AvgIpc) is 2.99. The van der Waals surface area contributed by atoms with E-state index in [1.54, 1.807) is 12.1 Å². The Morgan fingerprint density at radius 1 is 1.44 bits per heavy atom. The second-order valence-corrected chi connectivity index (χ2v) is 5.06. The van der Waals surface area contributed by atoms with Gasteiger partial charge >= 0.3 is 0 Å². The van der Waals surface area contributed by atoms with E-state index in [4.69, 9.17) is 4.52 Å². The molecule has 3 rings (SSSR count). The number of benzene rings is 1. The van der Waals surface area contributed by atoms with Crippen molar-refractivity contribution in [2.24, 2.45) is 0 Å². The van der Waals surface area contributed by atoms with Gasteiger partial charge in [-0.25, -0.2) is 4.39 Å². The Labute approximate surface area is 112 Å². The maximum absolute atomic E-state index is 13.7. The minimum Gasteiger partial charge on any atom is -0.334 e. The molecule has 0 bridgehead atoms. The van der Waals surface area contributed by atoms with Crippen LogP contribution in [0, 0.1) is 5.82 Å². The highest BCUT2D eigenvalue weighted by molar-refractivity contribution is 9.10. The van der Waals surface area contributed by atoms with Crippen LogP contribution in [0.2, 0.25) is 0 Å². The molecule has 0 spiro atoms. The van der Waals surface area contributed by atoms with Crippen molar-refractivity contribution in [2.75, 3.05) is 6.54 Å². The molecule has 1 aromatic carbocycles. The van der Waals surface area contributed by atoms with Gasteiger partial charge in [0.2, 0.25) is 0 Å². The third-order valence-corrected chi connectivity index (χ3v) is 3.65. The van der Waals surface area contributed by atoms with Crippen LogP contribution in [0.5, 0.6) is 0 Å². The van der Waals surface area contributed by atoms with Gasteiger partial charge in [0.05, 0.1) is 11.6 Å². The lowest BCUT2D eigenvalue weighted by atomic mass is 10.2. The largest absolute Gasteiger partial charge is 0.334 e. The van der Waals surface area contributed by atoms with Crippen molar-refractivity contribution in [1.82, 2.24) is 15.5 Å². The summed E-state index contributed by atoms with van der Waals surface area (Å²) in [6, 6.07) is 4.86. The van der Waals surface area contributed by atoms with Gasteiger partial charge in [-0.1, -0.05) is 11.2 Å². The first-order valence-electron chi connectivity index (χ1n) is 5.77. The third kappa shape index (κ3) is 2.06. The van der Waals surface area contributed by atoms with Crippen LogP contribution < -0.4 is 5.32 Å². The summed E-state index contributed by atoms with van der Waals surface area (Å²) in [6.07, 6.45) is 2.08. The predicted octanol–water partition coefficient (Wildman–Crippen LogP) is 3.06. The third-order valence-electron chi connectivity index (χ3n) is 2.99. The highest BCUT2D eigenvalue weighted by Crippen LogP contribution is 2.31. The number of rotatable bonds is 2. The smallest absolute Gasteiger partial charge is 0.262 e. The molecule has 0 radical (unpaired) electrons. The van der Waals surface area contributed by atoms with E-state index in [0.29, 0.717) is 15.9 Å². The second-order valence-electron chi connectivity index (χ2n) is 4.20.